The largest absolute Gasteiger partial charge is 0.465 e. The molecular formula is C11H14BrFN2O4S. The second kappa shape index (κ2) is 6.51. The summed E-state index contributed by atoms with van der Waals surface area (Å²) in [6, 6.07) is 1.07. The summed E-state index contributed by atoms with van der Waals surface area (Å²) in [5.41, 5.74) is 5.55. The van der Waals surface area contributed by atoms with E-state index in [1.54, 1.807) is 6.92 Å². The molecule has 1 aromatic rings. The molecule has 3 N–H and O–H groups in total. The highest BCUT2D eigenvalue weighted by molar-refractivity contribution is 9.10. The zero-order chi connectivity index (χ0) is 15.5. The van der Waals surface area contributed by atoms with Crippen LogP contribution in [0.15, 0.2) is 21.5 Å². The van der Waals surface area contributed by atoms with Crippen molar-refractivity contribution in [2.24, 2.45) is 0 Å². The number of halogens is 2. The first-order chi connectivity index (χ1) is 9.19. The number of carbonyl (C=O) groups excluding carboxylic acids is 1. The van der Waals surface area contributed by atoms with Gasteiger partial charge in [-0.3, -0.25) is 4.79 Å². The zero-order valence-corrected chi connectivity index (χ0v) is 13.2. The number of hydrogen-bond acceptors (Lipinski definition) is 5. The minimum Gasteiger partial charge on any atom is -0.465 e. The lowest BCUT2D eigenvalue weighted by Crippen LogP contribution is -2.39. The van der Waals surface area contributed by atoms with E-state index in [1.807, 2.05) is 4.72 Å². The normalized spacial score (nSPS) is 13.0. The molecule has 1 rings (SSSR count). The fraction of sp³-hybridized carbons (Fsp3) is 0.364. The molecular weight excluding hydrogens is 355 g/mol. The van der Waals surface area contributed by atoms with Crippen molar-refractivity contribution in [3.8, 4) is 0 Å². The Kier molecular flexibility index (Phi) is 5.49. The van der Waals surface area contributed by atoms with E-state index in [0.717, 1.165) is 6.07 Å². The van der Waals surface area contributed by atoms with Gasteiger partial charge in [0.15, 0.2) is 5.82 Å². The van der Waals surface area contributed by atoms with E-state index >= 15 is 0 Å². The number of nitrogens with two attached hydrogens (primary N) is 1. The third-order valence-corrected chi connectivity index (χ3v) is 4.40. The van der Waals surface area contributed by atoms with Gasteiger partial charge >= 0.3 is 5.97 Å². The fourth-order valence-electron chi connectivity index (χ4n) is 1.39. The maximum atomic E-state index is 13.8. The molecule has 0 spiro atoms. The van der Waals surface area contributed by atoms with E-state index in [1.165, 1.54) is 13.0 Å². The monoisotopic (exact) mass is 368 g/mol. The van der Waals surface area contributed by atoms with E-state index in [2.05, 4.69) is 20.7 Å². The molecule has 9 heteroatoms. The summed E-state index contributed by atoms with van der Waals surface area (Å²) in [5.74, 6) is -1.73. The lowest BCUT2D eigenvalue weighted by molar-refractivity contribution is -0.144. The molecule has 1 aromatic carbocycles. The van der Waals surface area contributed by atoms with Crippen molar-refractivity contribution < 1.29 is 22.3 Å². The van der Waals surface area contributed by atoms with Crippen molar-refractivity contribution in [1.29, 1.82) is 0 Å². The minimum atomic E-state index is -4.23. The minimum absolute atomic E-state index is 0.0717. The highest BCUT2D eigenvalue weighted by Gasteiger charge is 2.26. The van der Waals surface area contributed by atoms with Crippen molar-refractivity contribution >= 4 is 37.6 Å². The Morgan fingerprint density at radius 1 is 1.55 bits per heavy atom. The van der Waals surface area contributed by atoms with Crippen LogP contribution in [0.25, 0.3) is 0 Å². The molecule has 0 radical (unpaired) electrons. The number of carbonyl (C=O) groups is 1. The Hall–Kier alpha value is -1.19. The molecule has 0 amide bonds. The zero-order valence-electron chi connectivity index (χ0n) is 10.8. The highest BCUT2D eigenvalue weighted by atomic mass is 79.9. The third kappa shape index (κ3) is 3.90. The lowest BCUT2D eigenvalue weighted by atomic mass is 10.3. The van der Waals surface area contributed by atoms with Crippen LogP contribution in [0, 0.1) is 5.82 Å². The second-order valence-corrected chi connectivity index (χ2v) is 6.45. The first kappa shape index (κ1) is 16.9. The maximum Gasteiger partial charge on any atom is 0.323 e. The first-order valence-electron chi connectivity index (χ1n) is 5.62. The number of ether oxygens (including phenoxy) is 1. The van der Waals surface area contributed by atoms with Crippen LogP contribution in [0.2, 0.25) is 0 Å². The van der Waals surface area contributed by atoms with Crippen LogP contribution in [0.3, 0.4) is 0 Å². The van der Waals surface area contributed by atoms with E-state index in [-0.39, 0.29) is 16.8 Å². The number of nitrogens with one attached hydrogen (secondary N) is 1. The van der Waals surface area contributed by atoms with Crippen LogP contribution in [-0.4, -0.2) is 27.0 Å². The number of hydrogen-bond donors (Lipinski definition) is 2. The highest BCUT2D eigenvalue weighted by Crippen LogP contribution is 2.26. The Bertz CT molecular complexity index is 621. The first-order valence-corrected chi connectivity index (χ1v) is 7.90. The van der Waals surface area contributed by atoms with Gasteiger partial charge in [-0.2, -0.15) is 4.72 Å². The molecule has 1 atom stereocenters. The van der Waals surface area contributed by atoms with E-state index < -0.39 is 32.7 Å². The lowest BCUT2D eigenvalue weighted by Gasteiger charge is -2.14. The summed E-state index contributed by atoms with van der Waals surface area (Å²) in [4.78, 5) is 10.8. The van der Waals surface area contributed by atoms with Crippen molar-refractivity contribution in [2.75, 3.05) is 12.3 Å². The van der Waals surface area contributed by atoms with Gasteiger partial charge in [-0.1, -0.05) is 0 Å². The number of nitrogen functional groups attached to an aromatic ring is 1. The average Bonchev–Trinajstić information content (AvgIpc) is 2.33. The van der Waals surface area contributed by atoms with Crippen molar-refractivity contribution in [2.45, 2.75) is 24.8 Å². The topological polar surface area (TPSA) is 98.5 Å². The van der Waals surface area contributed by atoms with Crippen LogP contribution >= 0.6 is 15.9 Å². The van der Waals surface area contributed by atoms with Crippen LogP contribution in [0.1, 0.15) is 13.8 Å². The average molecular weight is 369 g/mol. The summed E-state index contributed by atoms with van der Waals surface area (Å²) < 4.78 is 44.5. The van der Waals surface area contributed by atoms with Gasteiger partial charge in [0.2, 0.25) is 10.0 Å². The molecule has 0 bridgehead atoms. The van der Waals surface area contributed by atoms with Crippen LogP contribution in [-0.2, 0) is 19.6 Å². The van der Waals surface area contributed by atoms with Gasteiger partial charge in [0.1, 0.15) is 10.9 Å². The standard InChI is InChI=1S/C11H14BrFN2O4S/c1-3-19-11(16)6(2)15-20(17,18)9-5-7(14)4-8(12)10(9)13/h4-6,15H,3,14H2,1-2H3. The van der Waals surface area contributed by atoms with Crippen molar-refractivity contribution in [3.63, 3.8) is 0 Å². The van der Waals surface area contributed by atoms with Gasteiger partial charge in [-0.05, 0) is 41.9 Å². The molecule has 0 aromatic heterocycles. The molecule has 0 aliphatic heterocycles. The Balaban J connectivity index is 3.09. The predicted molar refractivity (Wildman–Crippen MR) is 74.9 cm³/mol. The molecule has 0 saturated heterocycles. The van der Waals surface area contributed by atoms with Gasteiger partial charge in [-0.25, -0.2) is 12.8 Å². The van der Waals surface area contributed by atoms with E-state index in [4.69, 9.17) is 5.73 Å². The summed E-state index contributed by atoms with van der Waals surface area (Å²) in [5, 5.41) is 0. The molecule has 112 valence electrons. The second-order valence-electron chi connectivity index (χ2n) is 3.91. The predicted octanol–water partition coefficient (Wildman–Crippen LogP) is 1.40. The maximum absolute atomic E-state index is 13.8. The Labute approximate surface area is 124 Å². The van der Waals surface area contributed by atoms with Crippen molar-refractivity contribution in [3.05, 3.63) is 22.4 Å². The molecule has 0 fully saturated rings. The van der Waals surface area contributed by atoms with Gasteiger partial charge in [-0.15, -0.1) is 0 Å². The van der Waals surface area contributed by atoms with Gasteiger partial charge < -0.3 is 10.5 Å². The molecule has 0 saturated carbocycles. The van der Waals surface area contributed by atoms with Crippen LogP contribution < -0.4 is 10.5 Å². The number of anilines is 1. The number of benzene rings is 1. The van der Waals surface area contributed by atoms with Gasteiger partial charge in [0, 0.05) is 5.69 Å². The van der Waals surface area contributed by atoms with Crippen molar-refractivity contribution in [1.82, 2.24) is 4.72 Å². The number of rotatable bonds is 5. The molecule has 0 aliphatic carbocycles. The van der Waals surface area contributed by atoms with Gasteiger partial charge in [0.25, 0.3) is 0 Å². The third-order valence-electron chi connectivity index (χ3n) is 2.28. The van der Waals surface area contributed by atoms with E-state index in [9.17, 15) is 17.6 Å². The quantitative estimate of drug-likeness (QED) is 0.604. The summed E-state index contributed by atoms with van der Waals surface area (Å²) in [6.45, 7) is 3.01. The van der Waals surface area contributed by atoms with E-state index in [0.29, 0.717) is 0 Å². The molecule has 0 heterocycles. The SMILES string of the molecule is CCOC(=O)C(C)NS(=O)(=O)c1cc(N)cc(Br)c1F. The smallest absolute Gasteiger partial charge is 0.323 e. The Morgan fingerprint density at radius 3 is 2.70 bits per heavy atom. The molecule has 1 unspecified atom stereocenters. The van der Waals surface area contributed by atoms with Crippen LogP contribution in [0.4, 0.5) is 10.1 Å². The van der Waals surface area contributed by atoms with Crippen LogP contribution in [0.5, 0.6) is 0 Å². The summed E-state index contributed by atoms with van der Waals surface area (Å²) >= 11 is 2.87. The summed E-state index contributed by atoms with van der Waals surface area (Å²) in [7, 11) is -4.23. The number of esters is 1. The Morgan fingerprint density at radius 2 is 2.15 bits per heavy atom. The molecule has 6 nitrogen and oxygen atoms in total. The fourth-order valence-corrected chi connectivity index (χ4v) is 3.33. The number of sulfonamides is 1. The summed E-state index contributed by atoms with van der Waals surface area (Å²) in [6.07, 6.45) is 0. The molecule has 20 heavy (non-hydrogen) atoms. The van der Waals surface area contributed by atoms with Gasteiger partial charge in [0.05, 0.1) is 11.1 Å². The molecule has 0 aliphatic rings.